The van der Waals surface area contributed by atoms with Crippen LogP contribution in [0.25, 0.3) is 11.3 Å². The van der Waals surface area contributed by atoms with Crippen molar-refractivity contribution < 1.29 is 0 Å². The standard InChI is InChI=1S/C13H17N3/c1-9(2)16-11(4)10(3)13(15-16)12-5-7-14-8-6-12/h5-9H,1-4H3. The lowest BCUT2D eigenvalue weighted by Crippen LogP contribution is -2.04. The van der Waals surface area contributed by atoms with Crippen LogP contribution in [-0.2, 0) is 0 Å². The van der Waals surface area contributed by atoms with Crippen LogP contribution in [0.5, 0.6) is 0 Å². The van der Waals surface area contributed by atoms with Gasteiger partial charge in [-0.1, -0.05) is 0 Å². The summed E-state index contributed by atoms with van der Waals surface area (Å²) in [6.45, 7) is 8.54. The van der Waals surface area contributed by atoms with Gasteiger partial charge in [0, 0.05) is 29.7 Å². The fourth-order valence-corrected chi connectivity index (χ4v) is 1.89. The Balaban J connectivity index is 2.55. The van der Waals surface area contributed by atoms with Crippen LogP contribution in [0.15, 0.2) is 24.5 Å². The van der Waals surface area contributed by atoms with Crippen molar-refractivity contribution in [3.63, 3.8) is 0 Å². The van der Waals surface area contributed by atoms with E-state index in [0.717, 1.165) is 11.3 Å². The minimum absolute atomic E-state index is 0.397. The Morgan fingerprint density at radius 1 is 1.12 bits per heavy atom. The van der Waals surface area contributed by atoms with Crippen molar-refractivity contribution in [1.29, 1.82) is 0 Å². The Morgan fingerprint density at radius 3 is 2.25 bits per heavy atom. The highest BCUT2D eigenvalue weighted by Crippen LogP contribution is 2.25. The summed E-state index contributed by atoms with van der Waals surface area (Å²) < 4.78 is 2.07. The average molecular weight is 215 g/mol. The van der Waals surface area contributed by atoms with E-state index in [2.05, 4.69) is 42.5 Å². The van der Waals surface area contributed by atoms with Crippen molar-refractivity contribution in [3.8, 4) is 11.3 Å². The van der Waals surface area contributed by atoms with E-state index in [1.807, 2.05) is 12.1 Å². The molecule has 3 heteroatoms. The molecule has 84 valence electrons. The minimum Gasteiger partial charge on any atom is -0.266 e. The number of pyridine rings is 1. The average Bonchev–Trinajstić information content (AvgIpc) is 2.58. The molecule has 0 spiro atoms. The fourth-order valence-electron chi connectivity index (χ4n) is 1.89. The molecule has 2 aromatic heterocycles. The van der Waals surface area contributed by atoms with E-state index >= 15 is 0 Å². The molecule has 0 saturated carbocycles. The molecule has 0 aromatic carbocycles. The van der Waals surface area contributed by atoms with Crippen LogP contribution in [0.2, 0.25) is 0 Å². The van der Waals surface area contributed by atoms with Gasteiger partial charge in [-0.25, -0.2) is 0 Å². The first kappa shape index (κ1) is 10.9. The second-order valence-electron chi connectivity index (χ2n) is 4.33. The van der Waals surface area contributed by atoms with E-state index in [1.165, 1.54) is 11.3 Å². The smallest absolute Gasteiger partial charge is 0.0956 e. The zero-order valence-electron chi connectivity index (χ0n) is 10.2. The van der Waals surface area contributed by atoms with E-state index in [-0.39, 0.29) is 0 Å². The molecule has 3 nitrogen and oxygen atoms in total. The molecule has 0 N–H and O–H groups in total. The van der Waals surface area contributed by atoms with Gasteiger partial charge < -0.3 is 0 Å². The van der Waals surface area contributed by atoms with E-state index in [4.69, 9.17) is 0 Å². The van der Waals surface area contributed by atoms with Crippen molar-refractivity contribution >= 4 is 0 Å². The number of aromatic nitrogens is 3. The number of nitrogens with zero attached hydrogens (tertiary/aromatic N) is 3. The van der Waals surface area contributed by atoms with Crippen molar-refractivity contribution in [2.24, 2.45) is 0 Å². The third-order valence-corrected chi connectivity index (χ3v) is 2.89. The van der Waals surface area contributed by atoms with Crippen molar-refractivity contribution in [1.82, 2.24) is 14.8 Å². The Morgan fingerprint density at radius 2 is 1.75 bits per heavy atom. The maximum atomic E-state index is 4.67. The molecule has 0 aliphatic carbocycles. The highest BCUT2D eigenvalue weighted by molar-refractivity contribution is 5.63. The van der Waals surface area contributed by atoms with Crippen molar-refractivity contribution in [3.05, 3.63) is 35.8 Å². The van der Waals surface area contributed by atoms with Gasteiger partial charge in [-0.15, -0.1) is 0 Å². The van der Waals surface area contributed by atoms with Crippen LogP contribution in [0.1, 0.15) is 31.1 Å². The Hall–Kier alpha value is -1.64. The summed E-state index contributed by atoms with van der Waals surface area (Å²) >= 11 is 0. The van der Waals surface area contributed by atoms with Gasteiger partial charge in [0.15, 0.2) is 0 Å². The fraction of sp³-hybridized carbons (Fsp3) is 0.385. The molecule has 0 aliphatic rings. The summed E-state index contributed by atoms with van der Waals surface area (Å²) in [5.74, 6) is 0. The quantitative estimate of drug-likeness (QED) is 0.770. The Bertz CT molecular complexity index is 483. The molecule has 2 aromatic rings. The van der Waals surface area contributed by atoms with Gasteiger partial charge in [-0.2, -0.15) is 5.10 Å². The molecule has 2 heterocycles. The lowest BCUT2D eigenvalue weighted by molar-refractivity contribution is 0.520. The van der Waals surface area contributed by atoms with Gasteiger partial charge in [-0.05, 0) is 45.4 Å². The van der Waals surface area contributed by atoms with Crippen LogP contribution in [0.4, 0.5) is 0 Å². The highest BCUT2D eigenvalue weighted by atomic mass is 15.3. The molecule has 16 heavy (non-hydrogen) atoms. The van der Waals surface area contributed by atoms with Gasteiger partial charge in [0.25, 0.3) is 0 Å². The first-order valence-corrected chi connectivity index (χ1v) is 5.57. The molecule has 0 amide bonds. The third kappa shape index (κ3) is 1.73. The zero-order valence-corrected chi connectivity index (χ0v) is 10.2. The monoisotopic (exact) mass is 215 g/mol. The summed E-state index contributed by atoms with van der Waals surface area (Å²) in [6.07, 6.45) is 3.61. The van der Waals surface area contributed by atoms with Gasteiger partial charge in [0.1, 0.15) is 0 Å². The van der Waals surface area contributed by atoms with Crippen LogP contribution >= 0.6 is 0 Å². The third-order valence-electron chi connectivity index (χ3n) is 2.89. The van der Waals surface area contributed by atoms with Crippen LogP contribution < -0.4 is 0 Å². The first-order chi connectivity index (χ1) is 7.61. The molecule has 0 bridgehead atoms. The molecular weight excluding hydrogens is 198 g/mol. The summed E-state index contributed by atoms with van der Waals surface area (Å²) in [4.78, 5) is 4.03. The second-order valence-corrected chi connectivity index (χ2v) is 4.33. The Kier molecular flexibility index (Phi) is 2.77. The maximum absolute atomic E-state index is 4.67. The molecule has 0 radical (unpaired) electrons. The van der Waals surface area contributed by atoms with E-state index in [0.29, 0.717) is 6.04 Å². The lowest BCUT2D eigenvalue weighted by atomic mass is 10.1. The maximum Gasteiger partial charge on any atom is 0.0956 e. The number of hydrogen-bond acceptors (Lipinski definition) is 2. The van der Waals surface area contributed by atoms with Crippen LogP contribution in [0.3, 0.4) is 0 Å². The number of hydrogen-bond donors (Lipinski definition) is 0. The van der Waals surface area contributed by atoms with Crippen molar-refractivity contribution in [2.75, 3.05) is 0 Å². The van der Waals surface area contributed by atoms with Gasteiger partial charge in [0.05, 0.1) is 5.69 Å². The molecule has 0 aliphatic heterocycles. The topological polar surface area (TPSA) is 30.7 Å². The second kappa shape index (κ2) is 4.08. The summed E-state index contributed by atoms with van der Waals surface area (Å²) in [6, 6.07) is 4.40. The highest BCUT2D eigenvalue weighted by Gasteiger charge is 2.13. The first-order valence-electron chi connectivity index (χ1n) is 5.57. The van der Waals surface area contributed by atoms with Gasteiger partial charge in [-0.3, -0.25) is 9.67 Å². The van der Waals surface area contributed by atoms with Crippen LogP contribution in [0, 0.1) is 13.8 Å². The lowest BCUT2D eigenvalue weighted by Gasteiger charge is -2.07. The normalized spacial score (nSPS) is 11.1. The summed E-state index contributed by atoms with van der Waals surface area (Å²) in [7, 11) is 0. The predicted octanol–water partition coefficient (Wildman–Crippen LogP) is 3.14. The number of rotatable bonds is 2. The molecule has 0 atom stereocenters. The largest absolute Gasteiger partial charge is 0.266 e. The van der Waals surface area contributed by atoms with E-state index in [1.54, 1.807) is 12.4 Å². The SMILES string of the molecule is Cc1c(-c2ccncc2)nn(C(C)C)c1C. The summed E-state index contributed by atoms with van der Waals surface area (Å²) in [5, 5.41) is 4.67. The molecular formula is C13H17N3. The molecule has 0 unspecified atom stereocenters. The minimum atomic E-state index is 0.397. The van der Waals surface area contributed by atoms with Gasteiger partial charge in [0.2, 0.25) is 0 Å². The van der Waals surface area contributed by atoms with E-state index < -0.39 is 0 Å². The van der Waals surface area contributed by atoms with Crippen LogP contribution in [-0.4, -0.2) is 14.8 Å². The molecule has 2 rings (SSSR count). The van der Waals surface area contributed by atoms with E-state index in [9.17, 15) is 0 Å². The summed E-state index contributed by atoms with van der Waals surface area (Å²) in [5.41, 5.74) is 4.69. The molecule has 0 saturated heterocycles. The van der Waals surface area contributed by atoms with Gasteiger partial charge >= 0.3 is 0 Å². The predicted molar refractivity (Wildman–Crippen MR) is 65.3 cm³/mol. The Labute approximate surface area is 96.1 Å². The van der Waals surface area contributed by atoms with Crippen molar-refractivity contribution in [2.45, 2.75) is 33.7 Å². The zero-order chi connectivity index (χ0) is 11.7. The molecule has 0 fully saturated rings.